The fourth-order valence-electron chi connectivity index (χ4n) is 3.54. The molecule has 0 aromatic heterocycles. The molecule has 31 heavy (non-hydrogen) atoms. The summed E-state index contributed by atoms with van der Waals surface area (Å²) in [7, 11) is 6.94. The summed E-state index contributed by atoms with van der Waals surface area (Å²) in [4.78, 5) is 28.4. The number of hydrogen-bond donors (Lipinski definition) is 1. The molecule has 0 saturated carbocycles. The average molecular weight is 445 g/mol. The number of methoxy groups -OCH3 is 2. The number of ether oxygens (including phenoxy) is 2. The lowest BCUT2D eigenvalue weighted by Crippen LogP contribution is -3.06. The quantitative estimate of drug-likeness (QED) is 0.386. The van der Waals surface area contributed by atoms with Crippen molar-refractivity contribution in [2.24, 2.45) is 0 Å². The molecule has 1 N–H and O–H groups in total. The first-order chi connectivity index (χ1) is 14.8. The Labute approximate surface area is 186 Å². The molecule has 1 fully saturated rings. The van der Waals surface area contributed by atoms with Gasteiger partial charge in [0, 0.05) is 5.57 Å². The van der Waals surface area contributed by atoms with Crippen LogP contribution in [0.2, 0.25) is 5.02 Å². The molecule has 164 valence electrons. The third-order valence-corrected chi connectivity index (χ3v) is 5.52. The fraction of sp³-hybridized carbons (Fsp3) is 0.304. The van der Waals surface area contributed by atoms with Crippen LogP contribution in [-0.4, -0.2) is 58.0 Å². The minimum atomic E-state index is -0.786. The van der Waals surface area contributed by atoms with Gasteiger partial charge in [0.05, 0.1) is 52.5 Å². The van der Waals surface area contributed by atoms with Crippen molar-refractivity contribution in [2.45, 2.75) is 6.04 Å². The molecular formula is C23H25ClN2O5. The van der Waals surface area contributed by atoms with E-state index in [2.05, 4.69) is 0 Å². The van der Waals surface area contributed by atoms with Crippen LogP contribution >= 0.6 is 11.6 Å². The lowest BCUT2D eigenvalue weighted by atomic mass is 9.95. The van der Waals surface area contributed by atoms with Crippen LogP contribution in [0.5, 0.6) is 11.5 Å². The average Bonchev–Trinajstić information content (AvgIpc) is 3.01. The van der Waals surface area contributed by atoms with E-state index in [1.165, 1.54) is 24.1 Å². The first kappa shape index (κ1) is 22.7. The summed E-state index contributed by atoms with van der Waals surface area (Å²) in [6, 6.07) is 10.8. The summed E-state index contributed by atoms with van der Waals surface area (Å²) in [6.07, 6.45) is 0. The molecule has 1 saturated heterocycles. The molecule has 1 atom stereocenters. The van der Waals surface area contributed by atoms with Crippen LogP contribution in [0.25, 0.3) is 5.76 Å². The van der Waals surface area contributed by atoms with E-state index in [0.29, 0.717) is 30.2 Å². The second-order valence-electron chi connectivity index (χ2n) is 7.55. The number of hydrogen-bond acceptors (Lipinski definition) is 5. The van der Waals surface area contributed by atoms with E-state index in [1.54, 1.807) is 37.4 Å². The van der Waals surface area contributed by atoms with Crippen LogP contribution < -0.4 is 19.5 Å². The Morgan fingerprint density at radius 1 is 1.10 bits per heavy atom. The molecule has 3 rings (SSSR count). The predicted molar refractivity (Wildman–Crippen MR) is 115 cm³/mol. The number of benzene rings is 2. The number of nitrogens with one attached hydrogen (secondary N) is 1. The van der Waals surface area contributed by atoms with E-state index in [1.807, 2.05) is 14.1 Å². The number of carbonyl (C=O) groups excluding carboxylic acids is 2. The number of halogens is 1. The van der Waals surface area contributed by atoms with Gasteiger partial charge in [-0.3, -0.25) is 9.59 Å². The van der Waals surface area contributed by atoms with Gasteiger partial charge < -0.3 is 24.4 Å². The van der Waals surface area contributed by atoms with Gasteiger partial charge in [0.1, 0.15) is 11.5 Å². The van der Waals surface area contributed by atoms with Gasteiger partial charge in [-0.2, -0.15) is 0 Å². The van der Waals surface area contributed by atoms with Crippen molar-refractivity contribution in [2.75, 3.05) is 41.4 Å². The van der Waals surface area contributed by atoms with Crippen molar-refractivity contribution >= 4 is 29.1 Å². The summed E-state index contributed by atoms with van der Waals surface area (Å²) >= 11 is 6.18. The minimum absolute atomic E-state index is 0.0786. The molecule has 8 heteroatoms. The number of ketones is 1. The Morgan fingerprint density at radius 3 is 2.32 bits per heavy atom. The highest BCUT2D eigenvalue weighted by molar-refractivity contribution is 6.46. The third-order valence-electron chi connectivity index (χ3n) is 5.23. The van der Waals surface area contributed by atoms with E-state index in [9.17, 15) is 14.7 Å². The molecule has 2 aromatic carbocycles. The Balaban J connectivity index is 2.14. The summed E-state index contributed by atoms with van der Waals surface area (Å²) < 4.78 is 10.3. The van der Waals surface area contributed by atoms with E-state index in [4.69, 9.17) is 21.1 Å². The smallest absolute Gasteiger partial charge is 0.295 e. The van der Waals surface area contributed by atoms with Crippen molar-refractivity contribution in [3.8, 4) is 11.5 Å². The Hall–Kier alpha value is -3.03. The van der Waals surface area contributed by atoms with Gasteiger partial charge >= 0.3 is 0 Å². The number of quaternary nitrogens is 1. The molecule has 1 amide bonds. The van der Waals surface area contributed by atoms with Crippen molar-refractivity contribution in [1.29, 1.82) is 0 Å². The summed E-state index contributed by atoms with van der Waals surface area (Å²) in [6.45, 7) is 0.964. The minimum Gasteiger partial charge on any atom is -0.872 e. The van der Waals surface area contributed by atoms with E-state index < -0.39 is 23.5 Å². The monoisotopic (exact) mass is 444 g/mol. The molecule has 0 radical (unpaired) electrons. The van der Waals surface area contributed by atoms with Gasteiger partial charge in [-0.1, -0.05) is 35.6 Å². The Morgan fingerprint density at radius 2 is 1.77 bits per heavy atom. The van der Waals surface area contributed by atoms with Crippen molar-refractivity contribution in [3.63, 3.8) is 0 Å². The zero-order valence-electron chi connectivity index (χ0n) is 17.9. The topological polar surface area (TPSA) is 83.3 Å². The first-order valence-electron chi connectivity index (χ1n) is 9.81. The molecule has 0 bridgehead atoms. The van der Waals surface area contributed by atoms with Gasteiger partial charge in [0.25, 0.3) is 5.91 Å². The van der Waals surface area contributed by atoms with E-state index >= 15 is 0 Å². The lowest BCUT2D eigenvalue weighted by molar-refractivity contribution is -0.857. The highest BCUT2D eigenvalue weighted by Crippen LogP contribution is 2.39. The number of rotatable bonds is 7. The Bertz CT molecular complexity index is 1020. The number of likely N-dealkylation sites (tertiary alicyclic amines) is 1. The molecule has 0 spiro atoms. The SMILES string of the molecule is COc1ccc(C2C(=C([O-])c3ccc(OC)c(Cl)c3)C(=O)C(=O)N2CC[NH+](C)C)cc1. The fourth-order valence-corrected chi connectivity index (χ4v) is 3.80. The van der Waals surface area contributed by atoms with Gasteiger partial charge in [0.15, 0.2) is 0 Å². The highest BCUT2D eigenvalue weighted by Gasteiger charge is 2.44. The molecule has 2 aromatic rings. The van der Waals surface area contributed by atoms with E-state index in [-0.39, 0.29) is 16.2 Å². The number of carbonyl (C=O) groups is 2. The summed E-state index contributed by atoms with van der Waals surface area (Å²) in [5.74, 6) is -0.933. The molecule has 7 nitrogen and oxygen atoms in total. The predicted octanol–water partition coefficient (Wildman–Crippen LogP) is 0.726. The first-order valence-corrected chi connectivity index (χ1v) is 10.2. The second kappa shape index (κ2) is 9.41. The molecule has 0 aliphatic carbocycles. The van der Waals surface area contributed by atoms with Crippen LogP contribution in [0.15, 0.2) is 48.0 Å². The number of likely N-dealkylation sites (N-methyl/N-ethyl adjacent to an activating group) is 1. The molecule has 1 aliphatic heterocycles. The third kappa shape index (κ3) is 4.52. The number of amides is 1. The van der Waals surface area contributed by atoms with Crippen LogP contribution in [0.1, 0.15) is 17.2 Å². The normalized spacial score (nSPS) is 18.0. The van der Waals surface area contributed by atoms with Gasteiger partial charge in [-0.05, 0) is 35.4 Å². The van der Waals surface area contributed by atoms with Gasteiger partial charge in [0.2, 0.25) is 5.78 Å². The highest BCUT2D eigenvalue weighted by atomic mass is 35.5. The molecular weight excluding hydrogens is 420 g/mol. The van der Waals surface area contributed by atoms with Crippen LogP contribution in [-0.2, 0) is 9.59 Å². The largest absolute Gasteiger partial charge is 0.872 e. The maximum Gasteiger partial charge on any atom is 0.295 e. The lowest BCUT2D eigenvalue weighted by Gasteiger charge is -2.28. The molecule has 1 aliphatic rings. The summed E-state index contributed by atoms with van der Waals surface area (Å²) in [5, 5.41) is 13.6. The van der Waals surface area contributed by atoms with Crippen LogP contribution in [0.4, 0.5) is 0 Å². The molecule has 1 heterocycles. The van der Waals surface area contributed by atoms with Crippen molar-refractivity contribution in [3.05, 3.63) is 64.2 Å². The van der Waals surface area contributed by atoms with Crippen molar-refractivity contribution < 1.29 is 29.1 Å². The number of nitrogens with zero attached hydrogens (tertiary/aromatic N) is 1. The van der Waals surface area contributed by atoms with Crippen LogP contribution in [0, 0.1) is 0 Å². The molecule has 1 unspecified atom stereocenters. The van der Waals surface area contributed by atoms with Crippen LogP contribution in [0.3, 0.4) is 0 Å². The zero-order valence-corrected chi connectivity index (χ0v) is 18.7. The standard InChI is InChI=1S/C23H25ClN2O5/c1-25(2)11-12-26-20(14-5-8-16(30-3)9-6-14)19(22(28)23(26)29)21(27)15-7-10-18(31-4)17(24)13-15/h5-10,13,20,27H,11-12H2,1-4H3. The summed E-state index contributed by atoms with van der Waals surface area (Å²) in [5.41, 5.74) is 0.808. The van der Waals surface area contributed by atoms with Gasteiger partial charge in [-0.25, -0.2) is 0 Å². The maximum absolute atomic E-state index is 13.4. The second-order valence-corrected chi connectivity index (χ2v) is 7.96. The zero-order chi connectivity index (χ0) is 22.7. The van der Waals surface area contributed by atoms with Gasteiger partial charge in [-0.15, -0.1) is 0 Å². The number of Topliss-reactive ketones (excluding diaryl/α,β-unsaturated/α-hetero) is 1. The van der Waals surface area contributed by atoms with E-state index in [0.717, 1.165) is 4.90 Å². The Kier molecular flexibility index (Phi) is 6.87. The maximum atomic E-state index is 13.4. The van der Waals surface area contributed by atoms with Crippen molar-refractivity contribution in [1.82, 2.24) is 4.90 Å².